The summed E-state index contributed by atoms with van der Waals surface area (Å²) in [5.41, 5.74) is 2.48. The van der Waals surface area contributed by atoms with E-state index in [2.05, 4.69) is 26.3 Å². The van der Waals surface area contributed by atoms with Gasteiger partial charge in [0.15, 0.2) is 0 Å². The van der Waals surface area contributed by atoms with Gasteiger partial charge in [0.25, 0.3) is 0 Å². The lowest BCUT2D eigenvalue weighted by Crippen LogP contribution is -2.04. The monoisotopic (exact) mass is 201 g/mol. The van der Waals surface area contributed by atoms with E-state index >= 15 is 0 Å². The van der Waals surface area contributed by atoms with Crippen molar-refractivity contribution in [2.45, 2.75) is 13.1 Å². The highest BCUT2D eigenvalue weighted by Crippen LogP contribution is 2.22. The van der Waals surface area contributed by atoms with Gasteiger partial charge in [-0.25, -0.2) is 0 Å². The van der Waals surface area contributed by atoms with Crippen LogP contribution < -0.4 is 5.32 Å². The molecule has 0 radical (unpaired) electrons. The van der Waals surface area contributed by atoms with Crippen LogP contribution in [0.15, 0.2) is 4.60 Å². The highest BCUT2D eigenvalue weighted by molar-refractivity contribution is 9.10. The summed E-state index contributed by atoms with van der Waals surface area (Å²) in [7, 11) is 1.95. The summed E-state index contributed by atoms with van der Waals surface area (Å²) in [5, 5.41) is 7.53. The van der Waals surface area contributed by atoms with Crippen molar-refractivity contribution < 1.29 is 0 Å². The second-order valence-corrected chi connectivity index (χ2v) is 3.19. The summed E-state index contributed by atoms with van der Waals surface area (Å²) in [6, 6.07) is 0. The number of rotatable bonds is 0. The SMILES string of the molecule is Cn1nc2c(c1Br)CNC2. The molecule has 0 atom stereocenters. The van der Waals surface area contributed by atoms with Crippen LogP contribution in [0.3, 0.4) is 0 Å². The van der Waals surface area contributed by atoms with Crippen molar-refractivity contribution in [1.82, 2.24) is 15.1 Å². The second-order valence-electron chi connectivity index (χ2n) is 2.44. The maximum Gasteiger partial charge on any atom is 0.108 e. The van der Waals surface area contributed by atoms with E-state index in [1.165, 1.54) is 11.3 Å². The fourth-order valence-corrected chi connectivity index (χ4v) is 1.67. The molecule has 0 saturated carbocycles. The molecule has 0 aliphatic carbocycles. The number of fused-ring (bicyclic) bond motifs is 1. The van der Waals surface area contributed by atoms with Gasteiger partial charge in [0.1, 0.15) is 4.60 Å². The Kier molecular flexibility index (Phi) is 1.32. The number of aromatic nitrogens is 2. The quantitative estimate of drug-likeness (QED) is 0.673. The zero-order valence-electron chi connectivity index (χ0n) is 5.69. The smallest absolute Gasteiger partial charge is 0.108 e. The number of nitrogens with one attached hydrogen (secondary N) is 1. The molecule has 0 fully saturated rings. The van der Waals surface area contributed by atoms with Gasteiger partial charge in [-0.2, -0.15) is 5.10 Å². The fraction of sp³-hybridized carbons (Fsp3) is 0.500. The normalized spacial score (nSPS) is 15.8. The predicted octanol–water partition coefficient (Wildman–Crippen LogP) is 0.786. The van der Waals surface area contributed by atoms with E-state index in [0.29, 0.717) is 0 Å². The Hall–Kier alpha value is -0.350. The minimum Gasteiger partial charge on any atom is -0.307 e. The zero-order valence-corrected chi connectivity index (χ0v) is 7.27. The molecule has 3 nitrogen and oxygen atoms in total. The van der Waals surface area contributed by atoms with Gasteiger partial charge in [0.2, 0.25) is 0 Å². The van der Waals surface area contributed by atoms with Crippen molar-refractivity contribution in [2.24, 2.45) is 7.05 Å². The minimum atomic E-state index is 0.911. The molecule has 10 heavy (non-hydrogen) atoms. The van der Waals surface area contributed by atoms with E-state index in [-0.39, 0.29) is 0 Å². The first-order valence-electron chi connectivity index (χ1n) is 3.20. The molecule has 1 N–H and O–H groups in total. The molecule has 0 spiro atoms. The third-order valence-corrected chi connectivity index (χ3v) is 2.74. The van der Waals surface area contributed by atoms with Crippen LogP contribution in [-0.2, 0) is 20.1 Å². The van der Waals surface area contributed by atoms with E-state index in [9.17, 15) is 0 Å². The van der Waals surface area contributed by atoms with Gasteiger partial charge in [0.05, 0.1) is 5.69 Å². The van der Waals surface area contributed by atoms with Gasteiger partial charge in [-0.1, -0.05) is 0 Å². The first-order valence-corrected chi connectivity index (χ1v) is 3.99. The van der Waals surface area contributed by atoms with Gasteiger partial charge in [-0.3, -0.25) is 4.68 Å². The third-order valence-electron chi connectivity index (χ3n) is 1.75. The Labute approximate surface area is 67.5 Å². The van der Waals surface area contributed by atoms with E-state index in [0.717, 1.165) is 17.7 Å². The number of hydrogen-bond donors (Lipinski definition) is 1. The maximum absolute atomic E-state index is 4.30. The Morgan fingerprint density at radius 2 is 2.40 bits per heavy atom. The fourth-order valence-electron chi connectivity index (χ4n) is 1.22. The summed E-state index contributed by atoms with van der Waals surface area (Å²) < 4.78 is 2.97. The molecule has 1 aromatic heterocycles. The Morgan fingerprint density at radius 3 is 3.10 bits per heavy atom. The third kappa shape index (κ3) is 0.722. The molecule has 1 aliphatic heterocycles. The van der Waals surface area contributed by atoms with Crippen LogP contribution in [0.2, 0.25) is 0 Å². The first kappa shape index (κ1) is 6.37. The predicted molar refractivity (Wildman–Crippen MR) is 41.5 cm³/mol. The van der Waals surface area contributed by atoms with Crippen LogP contribution in [-0.4, -0.2) is 9.78 Å². The van der Waals surface area contributed by atoms with Crippen LogP contribution in [0.5, 0.6) is 0 Å². The van der Waals surface area contributed by atoms with E-state index < -0.39 is 0 Å². The molecule has 1 aliphatic rings. The standard InChI is InChI=1S/C6H8BrN3/c1-10-6(7)4-2-8-3-5(4)9-10/h8H,2-3H2,1H3. The molecule has 0 unspecified atom stereocenters. The largest absolute Gasteiger partial charge is 0.307 e. The number of nitrogens with zero attached hydrogens (tertiary/aromatic N) is 2. The first-order chi connectivity index (χ1) is 4.79. The van der Waals surface area contributed by atoms with Gasteiger partial charge < -0.3 is 5.32 Å². The molecule has 1 aromatic rings. The van der Waals surface area contributed by atoms with E-state index in [1.54, 1.807) is 0 Å². The van der Waals surface area contributed by atoms with Crippen molar-refractivity contribution >= 4 is 15.9 Å². The van der Waals surface area contributed by atoms with Gasteiger partial charge in [0, 0.05) is 25.7 Å². The van der Waals surface area contributed by atoms with Crippen molar-refractivity contribution in [3.8, 4) is 0 Å². The van der Waals surface area contributed by atoms with E-state index in [1.807, 2.05) is 11.7 Å². The van der Waals surface area contributed by atoms with Crippen LogP contribution in [0.25, 0.3) is 0 Å². The molecule has 0 bridgehead atoms. The second kappa shape index (κ2) is 2.07. The van der Waals surface area contributed by atoms with Gasteiger partial charge in [-0.15, -0.1) is 0 Å². The lowest BCUT2D eigenvalue weighted by molar-refractivity contribution is 0.677. The molecule has 4 heteroatoms. The number of aryl methyl sites for hydroxylation is 1. The van der Waals surface area contributed by atoms with Crippen LogP contribution in [0.4, 0.5) is 0 Å². The summed E-state index contributed by atoms with van der Waals surface area (Å²) in [6.07, 6.45) is 0. The molecule has 0 saturated heterocycles. The summed E-state index contributed by atoms with van der Waals surface area (Å²) >= 11 is 3.46. The van der Waals surface area contributed by atoms with Crippen LogP contribution in [0.1, 0.15) is 11.3 Å². The lowest BCUT2D eigenvalue weighted by atomic mass is 10.3. The Morgan fingerprint density at radius 1 is 1.60 bits per heavy atom. The molecular formula is C6H8BrN3. The molecule has 2 heterocycles. The van der Waals surface area contributed by atoms with Crippen molar-refractivity contribution in [3.05, 3.63) is 15.9 Å². The summed E-state index contributed by atoms with van der Waals surface area (Å²) in [4.78, 5) is 0. The Balaban J connectivity index is 2.59. The molecule has 2 rings (SSSR count). The molecule has 0 aromatic carbocycles. The van der Waals surface area contributed by atoms with Crippen molar-refractivity contribution in [2.75, 3.05) is 0 Å². The molecule has 0 amide bonds. The minimum absolute atomic E-state index is 0.911. The zero-order chi connectivity index (χ0) is 7.14. The number of hydrogen-bond acceptors (Lipinski definition) is 2. The average molecular weight is 202 g/mol. The summed E-state index contributed by atoms with van der Waals surface area (Å²) in [6.45, 7) is 1.86. The summed E-state index contributed by atoms with van der Waals surface area (Å²) in [5.74, 6) is 0. The van der Waals surface area contributed by atoms with Crippen LogP contribution >= 0.6 is 15.9 Å². The maximum atomic E-state index is 4.30. The van der Waals surface area contributed by atoms with Crippen molar-refractivity contribution in [1.29, 1.82) is 0 Å². The topological polar surface area (TPSA) is 29.9 Å². The Bertz CT molecular complexity index is 266. The van der Waals surface area contributed by atoms with Gasteiger partial charge in [-0.05, 0) is 15.9 Å². The molecule has 54 valence electrons. The molecular weight excluding hydrogens is 194 g/mol. The lowest BCUT2D eigenvalue weighted by Gasteiger charge is -1.93. The highest BCUT2D eigenvalue weighted by Gasteiger charge is 2.17. The highest BCUT2D eigenvalue weighted by atomic mass is 79.9. The van der Waals surface area contributed by atoms with Gasteiger partial charge >= 0.3 is 0 Å². The van der Waals surface area contributed by atoms with Crippen molar-refractivity contribution in [3.63, 3.8) is 0 Å². The average Bonchev–Trinajstić information content (AvgIpc) is 2.41. The van der Waals surface area contributed by atoms with Crippen LogP contribution in [0, 0.1) is 0 Å². The number of halogens is 1. The van der Waals surface area contributed by atoms with E-state index in [4.69, 9.17) is 0 Å².